The average molecular weight is 248 g/mol. The maximum Gasteiger partial charge on any atom is 0.316 e. The van der Waals surface area contributed by atoms with Crippen LogP contribution in [-0.4, -0.2) is 21.0 Å². The van der Waals surface area contributed by atoms with E-state index in [9.17, 15) is 9.00 Å². The lowest BCUT2D eigenvalue weighted by Gasteiger charge is -2.05. The quantitative estimate of drug-likeness (QED) is 0.902. The molecule has 0 aliphatic rings. The van der Waals surface area contributed by atoms with E-state index in [0.717, 1.165) is 16.3 Å². The monoisotopic (exact) mass is 248 g/mol. The fraction of sp³-hybridized carbons (Fsp3) is 0.154. The lowest BCUT2D eigenvalue weighted by Crippen LogP contribution is -2.10. The third-order valence-corrected chi connectivity index (χ3v) is 3.68. The molecular formula is C13H12O3S. The highest BCUT2D eigenvalue weighted by atomic mass is 32.2. The maximum atomic E-state index is 11.6. The number of carbonyl (C=O) groups is 1. The molecule has 0 heterocycles. The largest absolute Gasteiger partial charge is 0.481 e. The molecule has 2 aromatic rings. The highest BCUT2D eigenvalue weighted by molar-refractivity contribution is 7.84. The first kappa shape index (κ1) is 11.8. The normalized spacial score (nSPS) is 12.5. The van der Waals surface area contributed by atoms with Gasteiger partial charge in [-0.05, 0) is 16.3 Å². The smallest absolute Gasteiger partial charge is 0.316 e. The van der Waals surface area contributed by atoms with Crippen molar-refractivity contribution in [2.75, 3.05) is 5.75 Å². The van der Waals surface area contributed by atoms with Crippen molar-refractivity contribution in [3.63, 3.8) is 0 Å². The van der Waals surface area contributed by atoms with Crippen molar-refractivity contribution in [3.8, 4) is 0 Å². The van der Waals surface area contributed by atoms with Crippen molar-refractivity contribution >= 4 is 27.5 Å². The van der Waals surface area contributed by atoms with Gasteiger partial charge in [-0.15, -0.1) is 0 Å². The third-order valence-electron chi connectivity index (χ3n) is 2.48. The first-order valence-corrected chi connectivity index (χ1v) is 6.69. The van der Waals surface area contributed by atoms with E-state index in [4.69, 9.17) is 5.11 Å². The van der Waals surface area contributed by atoms with Crippen LogP contribution in [0.4, 0.5) is 0 Å². The zero-order valence-corrected chi connectivity index (χ0v) is 9.94. The highest BCUT2D eigenvalue weighted by Gasteiger charge is 2.08. The van der Waals surface area contributed by atoms with Gasteiger partial charge < -0.3 is 5.11 Å². The minimum absolute atomic E-state index is 0.285. The Bertz CT molecular complexity index is 572. The summed E-state index contributed by atoms with van der Waals surface area (Å²) in [6.07, 6.45) is 0. The summed E-state index contributed by atoms with van der Waals surface area (Å²) in [6, 6.07) is 13.6. The molecular weight excluding hydrogens is 236 g/mol. The summed E-state index contributed by atoms with van der Waals surface area (Å²) in [5.41, 5.74) is 0.933. The second kappa shape index (κ2) is 5.10. The molecule has 0 aliphatic carbocycles. The summed E-state index contributed by atoms with van der Waals surface area (Å²) in [6.45, 7) is 0. The van der Waals surface area contributed by atoms with Crippen LogP contribution < -0.4 is 0 Å². The average Bonchev–Trinajstić information content (AvgIpc) is 2.28. The van der Waals surface area contributed by atoms with Crippen molar-refractivity contribution in [2.24, 2.45) is 0 Å². The lowest BCUT2D eigenvalue weighted by molar-refractivity contribution is -0.133. The van der Waals surface area contributed by atoms with Crippen LogP contribution in [0.15, 0.2) is 42.5 Å². The van der Waals surface area contributed by atoms with Gasteiger partial charge >= 0.3 is 5.97 Å². The van der Waals surface area contributed by atoms with Crippen LogP contribution in [0.5, 0.6) is 0 Å². The Morgan fingerprint density at radius 3 is 2.59 bits per heavy atom. The topological polar surface area (TPSA) is 54.4 Å². The van der Waals surface area contributed by atoms with Crippen molar-refractivity contribution < 1.29 is 14.1 Å². The number of aliphatic carboxylic acids is 1. The molecule has 1 unspecified atom stereocenters. The lowest BCUT2D eigenvalue weighted by atomic mass is 10.1. The fourth-order valence-electron chi connectivity index (χ4n) is 1.78. The van der Waals surface area contributed by atoms with Crippen LogP contribution in [0.25, 0.3) is 10.8 Å². The molecule has 88 valence electrons. The van der Waals surface area contributed by atoms with Gasteiger partial charge in [0, 0.05) is 16.6 Å². The Morgan fingerprint density at radius 2 is 1.82 bits per heavy atom. The van der Waals surface area contributed by atoms with E-state index >= 15 is 0 Å². The van der Waals surface area contributed by atoms with Gasteiger partial charge in [-0.3, -0.25) is 9.00 Å². The molecule has 0 amide bonds. The predicted molar refractivity (Wildman–Crippen MR) is 68.3 cm³/mol. The van der Waals surface area contributed by atoms with Crippen LogP contribution >= 0.6 is 0 Å². The van der Waals surface area contributed by atoms with Crippen LogP contribution in [0, 0.1) is 0 Å². The molecule has 0 spiro atoms. The van der Waals surface area contributed by atoms with Gasteiger partial charge in [0.1, 0.15) is 5.75 Å². The van der Waals surface area contributed by atoms with Crippen LogP contribution in [-0.2, 0) is 21.3 Å². The van der Waals surface area contributed by atoms with Crippen LogP contribution in [0.2, 0.25) is 0 Å². The maximum absolute atomic E-state index is 11.6. The number of hydrogen-bond donors (Lipinski definition) is 1. The summed E-state index contributed by atoms with van der Waals surface area (Å²) in [5.74, 6) is -1.04. The number of benzene rings is 2. The van der Waals surface area contributed by atoms with E-state index in [0.29, 0.717) is 0 Å². The Labute approximate surface area is 102 Å². The van der Waals surface area contributed by atoms with Gasteiger partial charge in [-0.25, -0.2) is 0 Å². The second-order valence-corrected chi connectivity index (χ2v) is 5.22. The van der Waals surface area contributed by atoms with Gasteiger partial charge in [0.25, 0.3) is 0 Å². The summed E-state index contributed by atoms with van der Waals surface area (Å²) >= 11 is 0. The molecule has 1 atom stereocenters. The zero-order chi connectivity index (χ0) is 12.3. The van der Waals surface area contributed by atoms with E-state index in [1.54, 1.807) is 0 Å². The molecule has 0 fully saturated rings. The number of rotatable bonds is 4. The van der Waals surface area contributed by atoms with Gasteiger partial charge in [0.05, 0.1) is 0 Å². The zero-order valence-electron chi connectivity index (χ0n) is 9.13. The van der Waals surface area contributed by atoms with Crippen molar-refractivity contribution in [3.05, 3.63) is 48.0 Å². The molecule has 3 nitrogen and oxygen atoms in total. The Kier molecular flexibility index (Phi) is 3.54. The summed E-state index contributed by atoms with van der Waals surface area (Å²) in [7, 11) is -1.36. The minimum atomic E-state index is -1.36. The molecule has 17 heavy (non-hydrogen) atoms. The van der Waals surface area contributed by atoms with Crippen molar-refractivity contribution in [1.29, 1.82) is 0 Å². The van der Waals surface area contributed by atoms with Gasteiger partial charge in [0.15, 0.2) is 0 Å². The van der Waals surface area contributed by atoms with Crippen molar-refractivity contribution in [2.45, 2.75) is 5.75 Å². The predicted octanol–water partition coefficient (Wildman–Crippen LogP) is 2.17. The Hall–Kier alpha value is -1.68. The number of fused-ring (bicyclic) bond motifs is 1. The molecule has 0 aliphatic heterocycles. The van der Waals surface area contributed by atoms with Gasteiger partial charge in [-0.2, -0.15) is 0 Å². The first-order chi connectivity index (χ1) is 8.16. The molecule has 0 aromatic heterocycles. The second-order valence-electron chi connectivity index (χ2n) is 3.76. The molecule has 0 saturated heterocycles. The number of hydrogen-bond acceptors (Lipinski definition) is 2. The molecule has 0 radical (unpaired) electrons. The van der Waals surface area contributed by atoms with Crippen LogP contribution in [0.3, 0.4) is 0 Å². The third kappa shape index (κ3) is 2.91. The van der Waals surface area contributed by atoms with E-state index < -0.39 is 16.8 Å². The molecule has 0 bridgehead atoms. The molecule has 2 rings (SSSR count). The van der Waals surface area contributed by atoms with Crippen LogP contribution in [0.1, 0.15) is 5.56 Å². The summed E-state index contributed by atoms with van der Waals surface area (Å²) < 4.78 is 11.6. The highest BCUT2D eigenvalue weighted by Crippen LogP contribution is 2.19. The first-order valence-electron chi connectivity index (χ1n) is 5.20. The van der Waals surface area contributed by atoms with Crippen molar-refractivity contribution in [1.82, 2.24) is 0 Å². The molecule has 0 saturated carbocycles. The van der Waals surface area contributed by atoms with Gasteiger partial charge in [0.2, 0.25) is 0 Å². The Morgan fingerprint density at radius 1 is 1.12 bits per heavy atom. The minimum Gasteiger partial charge on any atom is -0.481 e. The fourth-order valence-corrected chi connectivity index (χ4v) is 2.76. The Balaban J connectivity index is 2.30. The van der Waals surface area contributed by atoms with E-state index in [1.165, 1.54) is 0 Å². The van der Waals surface area contributed by atoms with E-state index in [1.807, 2.05) is 42.5 Å². The van der Waals surface area contributed by atoms with E-state index in [2.05, 4.69) is 0 Å². The summed E-state index contributed by atoms with van der Waals surface area (Å²) in [4.78, 5) is 10.5. The molecule has 2 aromatic carbocycles. The number of carboxylic acid groups (broad SMARTS) is 1. The molecule has 4 heteroatoms. The number of carboxylic acids is 1. The van der Waals surface area contributed by atoms with E-state index in [-0.39, 0.29) is 11.5 Å². The summed E-state index contributed by atoms with van der Waals surface area (Å²) in [5, 5.41) is 10.7. The standard InChI is InChI=1S/C13H12O3S/c14-13(15)9-17(16)8-11-6-3-5-10-4-1-2-7-12(10)11/h1-7H,8-9H2,(H,14,15). The van der Waals surface area contributed by atoms with Gasteiger partial charge in [-0.1, -0.05) is 42.5 Å². The SMILES string of the molecule is O=C(O)CS(=O)Cc1cccc2ccccc12. The molecule has 1 N–H and O–H groups in total.